The van der Waals surface area contributed by atoms with Crippen LogP contribution in [0.2, 0.25) is 0 Å². The molecule has 0 radical (unpaired) electrons. The Morgan fingerprint density at radius 1 is 1.48 bits per heavy atom. The number of aromatic nitrogens is 1. The second kappa shape index (κ2) is 6.09. The second-order valence-corrected chi connectivity index (χ2v) is 5.71. The van der Waals surface area contributed by atoms with E-state index in [0.717, 1.165) is 9.78 Å². The molecule has 0 fully saturated rings. The molecule has 112 valence electrons. The van der Waals surface area contributed by atoms with Gasteiger partial charge in [-0.05, 0) is 18.1 Å². The molecule has 0 aliphatic rings. The summed E-state index contributed by atoms with van der Waals surface area (Å²) >= 11 is 1.33. The number of thiazole rings is 1. The molecule has 0 saturated carbocycles. The zero-order chi connectivity index (χ0) is 15.6. The van der Waals surface area contributed by atoms with E-state index in [0.29, 0.717) is 5.13 Å². The largest absolute Gasteiger partial charge is 0.492 e. The molecule has 1 aromatic carbocycles. The summed E-state index contributed by atoms with van der Waals surface area (Å²) in [7, 11) is 1.34. The van der Waals surface area contributed by atoms with Crippen LogP contribution in [0.4, 0.5) is 20.0 Å². The van der Waals surface area contributed by atoms with Crippen LogP contribution in [-0.2, 0) is 0 Å². The number of amides is 2. The van der Waals surface area contributed by atoms with Crippen LogP contribution in [0.3, 0.4) is 0 Å². The molecule has 0 bridgehead atoms. The van der Waals surface area contributed by atoms with Crippen molar-refractivity contribution in [2.75, 3.05) is 12.0 Å². The molecule has 2 rings (SSSR count). The maximum atomic E-state index is 13.8. The van der Waals surface area contributed by atoms with Crippen molar-refractivity contribution in [3.63, 3.8) is 0 Å². The summed E-state index contributed by atoms with van der Waals surface area (Å²) < 4.78 is 18.8. The number of ether oxygens (including phenoxy) is 1. The monoisotopic (exact) mass is 309 g/mol. The number of urea groups is 1. The molecule has 0 aliphatic heterocycles. The predicted molar refractivity (Wildman–Crippen MR) is 80.9 cm³/mol. The number of para-hydroxylation sites is 1. The van der Waals surface area contributed by atoms with E-state index in [1.54, 1.807) is 12.3 Å². The molecular formula is C14H16FN3O2S. The summed E-state index contributed by atoms with van der Waals surface area (Å²) in [6, 6.07) is 3.55. The first-order valence-electron chi connectivity index (χ1n) is 6.33. The number of methoxy groups -OCH3 is 1. The van der Waals surface area contributed by atoms with E-state index in [4.69, 9.17) is 10.5 Å². The smallest absolute Gasteiger partial charge is 0.325 e. The van der Waals surface area contributed by atoms with E-state index in [2.05, 4.69) is 4.98 Å². The van der Waals surface area contributed by atoms with Crippen LogP contribution in [0.15, 0.2) is 24.4 Å². The van der Waals surface area contributed by atoms with E-state index >= 15 is 0 Å². The SMILES string of the molecule is COc1c(F)cccc1N(C(N)=O)c1ncc(C(C)C)s1. The molecule has 0 aliphatic carbocycles. The average molecular weight is 309 g/mol. The molecule has 0 spiro atoms. The fourth-order valence-corrected chi connectivity index (χ4v) is 2.78. The van der Waals surface area contributed by atoms with Crippen molar-refractivity contribution in [1.29, 1.82) is 0 Å². The number of halogens is 1. The Hall–Kier alpha value is -2.15. The standard InChI is InChI=1S/C14H16FN3O2S/c1-8(2)11-7-17-14(21-11)18(13(16)19)10-6-4-5-9(15)12(10)20-3/h4-8H,1-3H3,(H2,16,19). The molecule has 1 aromatic heterocycles. The quantitative estimate of drug-likeness (QED) is 0.937. The number of anilines is 2. The van der Waals surface area contributed by atoms with Gasteiger partial charge in [0, 0.05) is 11.1 Å². The van der Waals surface area contributed by atoms with Gasteiger partial charge in [-0.25, -0.2) is 19.1 Å². The van der Waals surface area contributed by atoms with Gasteiger partial charge >= 0.3 is 6.03 Å². The molecule has 2 amide bonds. The maximum absolute atomic E-state index is 13.8. The van der Waals surface area contributed by atoms with Gasteiger partial charge in [0.25, 0.3) is 0 Å². The number of rotatable bonds is 4. The van der Waals surface area contributed by atoms with Crippen molar-refractivity contribution in [2.45, 2.75) is 19.8 Å². The Morgan fingerprint density at radius 2 is 2.19 bits per heavy atom. The highest BCUT2D eigenvalue weighted by molar-refractivity contribution is 7.16. The number of hydrogen-bond donors (Lipinski definition) is 1. The number of nitrogens with two attached hydrogens (primary N) is 1. The van der Waals surface area contributed by atoms with Gasteiger partial charge in [-0.15, -0.1) is 11.3 Å². The van der Waals surface area contributed by atoms with Crippen molar-refractivity contribution in [1.82, 2.24) is 4.98 Å². The van der Waals surface area contributed by atoms with E-state index in [1.807, 2.05) is 13.8 Å². The Morgan fingerprint density at radius 3 is 2.71 bits per heavy atom. The third kappa shape index (κ3) is 2.97. The summed E-state index contributed by atoms with van der Waals surface area (Å²) in [5.74, 6) is -0.333. The van der Waals surface area contributed by atoms with Gasteiger partial charge in [-0.3, -0.25) is 0 Å². The summed E-state index contributed by atoms with van der Waals surface area (Å²) in [4.78, 5) is 18.2. The van der Waals surface area contributed by atoms with Gasteiger partial charge in [0.15, 0.2) is 16.7 Å². The second-order valence-electron chi connectivity index (χ2n) is 4.67. The molecule has 2 aromatic rings. The van der Waals surface area contributed by atoms with Crippen molar-refractivity contribution in [3.05, 3.63) is 35.1 Å². The van der Waals surface area contributed by atoms with Gasteiger partial charge in [-0.1, -0.05) is 19.9 Å². The lowest BCUT2D eigenvalue weighted by Crippen LogP contribution is -2.31. The summed E-state index contributed by atoms with van der Waals surface area (Å²) in [6.45, 7) is 4.04. The number of carbonyl (C=O) groups excluding carboxylic acids is 1. The van der Waals surface area contributed by atoms with Crippen molar-refractivity contribution >= 4 is 28.2 Å². The Bertz CT molecular complexity index is 657. The van der Waals surface area contributed by atoms with Crippen LogP contribution in [0.1, 0.15) is 24.6 Å². The Balaban J connectivity index is 2.54. The third-order valence-corrected chi connectivity index (χ3v) is 4.17. The number of carbonyl (C=O) groups is 1. The third-order valence-electron chi connectivity index (χ3n) is 2.88. The molecular weight excluding hydrogens is 293 g/mol. The van der Waals surface area contributed by atoms with Gasteiger partial charge in [0.1, 0.15) is 0 Å². The number of hydrogen-bond acceptors (Lipinski definition) is 4. The molecule has 0 atom stereocenters. The maximum Gasteiger partial charge on any atom is 0.325 e. The van der Waals surface area contributed by atoms with Crippen LogP contribution in [0, 0.1) is 5.82 Å². The molecule has 7 heteroatoms. The minimum atomic E-state index is -0.747. The van der Waals surface area contributed by atoms with Crippen molar-refractivity contribution in [3.8, 4) is 5.75 Å². The first-order chi connectivity index (χ1) is 9.95. The molecule has 21 heavy (non-hydrogen) atoms. The highest BCUT2D eigenvalue weighted by Crippen LogP contribution is 2.38. The van der Waals surface area contributed by atoms with E-state index < -0.39 is 11.8 Å². The highest BCUT2D eigenvalue weighted by atomic mass is 32.1. The number of primary amides is 1. The van der Waals surface area contributed by atoms with Gasteiger partial charge < -0.3 is 10.5 Å². The average Bonchev–Trinajstić information content (AvgIpc) is 2.88. The predicted octanol–water partition coefficient (Wildman–Crippen LogP) is 3.63. The minimum absolute atomic E-state index is 0.0439. The zero-order valence-corrected chi connectivity index (χ0v) is 12.8. The lowest BCUT2D eigenvalue weighted by Gasteiger charge is -2.20. The van der Waals surface area contributed by atoms with Crippen molar-refractivity contribution in [2.24, 2.45) is 5.73 Å². The first-order valence-corrected chi connectivity index (χ1v) is 7.15. The Kier molecular flexibility index (Phi) is 4.42. The van der Waals surface area contributed by atoms with E-state index in [-0.39, 0.29) is 17.4 Å². The van der Waals surface area contributed by atoms with Crippen LogP contribution in [-0.4, -0.2) is 18.1 Å². The minimum Gasteiger partial charge on any atom is -0.492 e. The topological polar surface area (TPSA) is 68.5 Å². The fraction of sp³-hybridized carbons (Fsp3) is 0.286. The van der Waals surface area contributed by atoms with Crippen LogP contribution in [0.5, 0.6) is 5.75 Å². The fourth-order valence-electron chi connectivity index (χ4n) is 1.84. The lowest BCUT2D eigenvalue weighted by atomic mass is 10.2. The van der Waals surface area contributed by atoms with E-state index in [9.17, 15) is 9.18 Å². The van der Waals surface area contributed by atoms with Crippen molar-refractivity contribution < 1.29 is 13.9 Å². The normalized spacial score (nSPS) is 10.7. The van der Waals surface area contributed by atoms with Gasteiger partial charge in [0.2, 0.25) is 0 Å². The molecule has 0 unspecified atom stereocenters. The number of benzene rings is 1. The molecule has 2 N–H and O–H groups in total. The highest BCUT2D eigenvalue weighted by Gasteiger charge is 2.24. The Labute approximate surface area is 126 Å². The lowest BCUT2D eigenvalue weighted by molar-refractivity contribution is 0.256. The van der Waals surface area contributed by atoms with Gasteiger partial charge in [-0.2, -0.15) is 0 Å². The summed E-state index contributed by atoms with van der Waals surface area (Å²) in [6.07, 6.45) is 1.69. The number of nitrogens with zero attached hydrogens (tertiary/aromatic N) is 2. The van der Waals surface area contributed by atoms with Crippen LogP contribution >= 0.6 is 11.3 Å². The summed E-state index contributed by atoms with van der Waals surface area (Å²) in [5, 5.41) is 0.384. The molecule has 5 nitrogen and oxygen atoms in total. The molecule has 0 saturated heterocycles. The van der Waals surface area contributed by atoms with E-state index in [1.165, 1.54) is 30.6 Å². The van der Waals surface area contributed by atoms with Crippen LogP contribution < -0.4 is 15.4 Å². The molecule has 1 heterocycles. The zero-order valence-electron chi connectivity index (χ0n) is 12.0. The van der Waals surface area contributed by atoms with Gasteiger partial charge in [0.05, 0.1) is 12.8 Å². The summed E-state index contributed by atoms with van der Waals surface area (Å²) in [5.41, 5.74) is 5.67. The van der Waals surface area contributed by atoms with Crippen LogP contribution in [0.25, 0.3) is 0 Å². The first kappa shape index (κ1) is 15.2.